The normalized spacial score (nSPS) is 19.5. The number of fused-ring (bicyclic) bond motifs is 1. The third-order valence-corrected chi connectivity index (χ3v) is 4.68. The van der Waals surface area contributed by atoms with Crippen LogP contribution in [0.4, 0.5) is 0 Å². The molecule has 2 unspecified atom stereocenters. The van der Waals surface area contributed by atoms with Crippen LogP contribution in [0.1, 0.15) is 45.4 Å². The van der Waals surface area contributed by atoms with Crippen LogP contribution in [0.2, 0.25) is 0 Å². The summed E-state index contributed by atoms with van der Waals surface area (Å²) in [5, 5.41) is 10.1. The molecule has 5 heteroatoms. The number of rotatable bonds is 4. The van der Waals surface area contributed by atoms with Crippen LogP contribution in [0.25, 0.3) is 0 Å². The van der Waals surface area contributed by atoms with Crippen molar-refractivity contribution >= 4 is 11.8 Å². The second kappa shape index (κ2) is 5.87. The highest BCUT2D eigenvalue weighted by Gasteiger charge is 2.19. The van der Waals surface area contributed by atoms with Gasteiger partial charge in [-0.05, 0) is 19.3 Å². The summed E-state index contributed by atoms with van der Waals surface area (Å²) in [4.78, 5) is 0. The maximum Gasteiger partial charge on any atom is 0.191 e. The summed E-state index contributed by atoms with van der Waals surface area (Å²) < 4.78 is 2.29. The van der Waals surface area contributed by atoms with E-state index < -0.39 is 0 Å². The van der Waals surface area contributed by atoms with Crippen LogP contribution in [-0.2, 0) is 13.0 Å². The van der Waals surface area contributed by atoms with E-state index in [1.807, 2.05) is 0 Å². The smallest absolute Gasteiger partial charge is 0.191 e. The average Bonchev–Trinajstić information content (AvgIpc) is 2.58. The minimum Gasteiger partial charge on any atom is -0.327 e. The van der Waals surface area contributed by atoms with Gasteiger partial charge in [-0.1, -0.05) is 32.0 Å². The first-order valence-corrected chi connectivity index (χ1v) is 7.44. The summed E-state index contributed by atoms with van der Waals surface area (Å²) in [5.74, 6) is 1.15. The van der Waals surface area contributed by atoms with Crippen LogP contribution < -0.4 is 5.73 Å². The minimum absolute atomic E-state index is 0.235. The van der Waals surface area contributed by atoms with E-state index in [0.29, 0.717) is 5.25 Å². The number of nitrogens with two attached hydrogens (primary N) is 1. The minimum atomic E-state index is 0.235. The van der Waals surface area contributed by atoms with Crippen LogP contribution in [0.15, 0.2) is 5.16 Å². The Morgan fingerprint density at radius 2 is 2.18 bits per heavy atom. The molecule has 0 fully saturated rings. The molecular weight excluding hydrogens is 232 g/mol. The second-order valence-electron chi connectivity index (χ2n) is 4.76. The van der Waals surface area contributed by atoms with Crippen molar-refractivity contribution in [1.82, 2.24) is 14.8 Å². The third-order valence-electron chi connectivity index (χ3n) is 3.44. The predicted octanol–water partition coefficient (Wildman–Crippen LogP) is 2.22. The zero-order valence-corrected chi connectivity index (χ0v) is 11.5. The maximum atomic E-state index is 6.06. The molecule has 0 spiro atoms. The number of hydrogen-bond donors (Lipinski definition) is 1. The molecule has 0 aromatic carbocycles. The van der Waals surface area contributed by atoms with Gasteiger partial charge in [0, 0.05) is 24.3 Å². The summed E-state index contributed by atoms with van der Waals surface area (Å²) in [6.07, 6.45) is 5.87. The topological polar surface area (TPSA) is 56.7 Å². The summed E-state index contributed by atoms with van der Waals surface area (Å²) in [7, 11) is 0. The second-order valence-corrected chi connectivity index (χ2v) is 6.10. The molecular formula is C12H22N4S. The van der Waals surface area contributed by atoms with E-state index in [1.54, 1.807) is 11.8 Å². The molecule has 0 bridgehead atoms. The van der Waals surface area contributed by atoms with Crippen LogP contribution >= 0.6 is 11.8 Å². The highest BCUT2D eigenvalue weighted by molar-refractivity contribution is 7.99. The molecule has 0 radical (unpaired) electrons. The van der Waals surface area contributed by atoms with Crippen LogP contribution in [0, 0.1) is 0 Å². The van der Waals surface area contributed by atoms with Crippen molar-refractivity contribution in [3.8, 4) is 0 Å². The van der Waals surface area contributed by atoms with Gasteiger partial charge in [-0.25, -0.2) is 0 Å². The van der Waals surface area contributed by atoms with Gasteiger partial charge in [-0.3, -0.25) is 0 Å². The SMILES string of the molecule is CCC(N)C(C)Sc1nnc2n1CCCCC2. The summed E-state index contributed by atoms with van der Waals surface area (Å²) >= 11 is 1.77. The highest BCUT2D eigenvalue weighted by atomic mass is 32.2. The van der Waals surface area contributed by atoms with Crippen molar-refractivity contribution in [3.63, 3.8) is 0 Å². The molecule has 2 heterocycles. The molecule has 0 saturated heterocycles. The Bertz CT molecular complexity index is 363. The van der Waals surface area contributed by atoms with E-state index in [0.717, 1.165) is 30.4 Å². The summed E-state index contributed by atoms with van der Waals surface area (Å²) in [5.41, 5.74) is 6.06. The molecule has 1 aliphatic rings. The first-order chi connectivity index (χ1) is 8.22. The predicted molar refractivity (Wildman–Crippen MR) is 71.2 cm³/mol. The van der Waals surface area contributed by atoms with Gasteiger partial charge in [-0.2, -0.15) is 0 Å². The Hall–Kier alpha value is -0.550. The van der Waals surface area contributed by atoms with Gasteiger partial charge in [0.2, 0.25) is 0 Å². The zero-order valence-electron chi connectivity index (χ0n) is 10.7. The number of thioether (sulfide) groups is 1. The van der Waals surface area contributed by atoms with Gasteiger partial charge in [0.05, 0.1) is 0 Å². The average molecular weight is 254 g/mol. The Morgan fingerprint density at radius 3 is 2.94 bits per heavy atom. The Morgan fingerprint density at radius 1 is 1.35 bits per heavy atom. The zero-order chi connectivity index (χ0) is 12.3. The van der Waals surface area contributed by atoms with E-state index in [9.17, 15) is 0 Å². The number of aryl methyl sites for hydroxylation is 1. The van der Waals surface area contributed by atoms with Crippen molar-refractivity contribution in [2.45, 2.75) is 68.9 Å². The van der Waals surface area contributed by atoms with Crippen molar-refractivity contribution in [1.29, 1.82) is 0 Å². The molecule has 0 amide bonds. The van der Waals surface area contributed by atoms with Crippen molar-refractivity contribution in [2.24, 2.45) is 5.73 Å². The number of aromatic nitrogens is 3. The number of nitrogens with zero attached hydrogens (tertiary/aromatic N) is 3. The summed E-state index contributed by atoms with van der Waals surface area (Å²) in [6.45, 7) is 5.38. The summed E-state index contributed by atoms with van der Waals surface area (Å²) in [6, 6.07) is 0.235. The Kier molecular flexibility index (Phi) is 4.45. The fourth-order valence-electron chi connectivity index (χ4n) is 2.13. The molecule has 0 aliphatic carbocycles. The Balaban J connectivity index is 2.08. The standard InChI is InChI=1S/C12H22N4S/c1-3-10(13)9(2)17-12-15-14-11-7-5-4-6-8-16(11)12/h9-10H,3-8,13H2,1-2H3. The molecule has 0 saturated carbocycles. The van der Waals surface area contributed by atoms with Gasteiger partial charge < -0.3 is 10.3 Å². The molecule has 1 aliphatic heterocycles. The quantitative estimate of drug-likeness (QED) is 0.837. The van der Waals surface area contributed by atoms with Gasteiger partial charge in [-0.15, -0.1) is 10.2 Å². The maximum absolute atomic E-state index is 6.06. The fourth-order valence-corrected chi connectivity index (χ4v) is 3.24. The van der Waals surface area contributed by atoms with Crippen molar-refractivity contribution in [2.75, 3.05) is 0 Å². The lowest BCUT2D eigenvalue weighted by molar-refractivity contribution is 0.586. The lowest BCUT2D eigenvalue weighted by Crippen LogP contribution is -2.29. The molecule has 4 nitrogen and oxygen atoms in total. The molecule has 2 rings (SSSR count). The lowest BCUT2D eigenvalue weighted by atomic mass is 10.2. The van der Waals surface area contributed by atoms with E-state index in [1.165, 1.54) is 19.3 Å². The van der Waals surface area contributed by atoms with Crippen LogP contribution in [-0.4, -0.2) is 26.1 Å². The van der Waals surface area contributed by atoms with Crippen LogP contribution in [0.3, 0.4) is 0 Å². The molecule has 1 aromatic rings. The molecule has 2 N–H and O–H groups in total. The van der Waals surface area contributed by atoms with E-state index in [2.05, 4.69) is 28.6 Å². The van der Waals surface area contributed by atoms with E-state index >= 15 is 0 Å². The van der Waals surface area contributed by atoms with Gasteiger partial charge in [0.1, 0.15) is 5.82 Å². The largest absolute Gasteiger partial charge is 0.327 e. The van der Waals surface area contributed by atoms with Crippen LogP contribution in [0.5, 0.6) is 0 Å². The van der Waals surface area contributed by atoms with Gasteiger partial charge in [0.15, 0.2) is 5.16 Å². The highest BCUT2D eigenvalue weighted by Crippen LogP contribution is 2.26. The fraction of sp³-hybridized carbons (Fsp3) is 0.833. The van der Waals surface area contributed by atoms with Crippen molar-refractivity contribution in [3.05, 3.63) is 5.82 Å². The first kappa shape index (κ1) is 12.9. The molecule has 1 aromatic heterocycles. The lowest BCUT2D eigenvalue weighted by Gasteiger charge is -2.17. The van der Waals surface area contributed by atoms with E-state index in [4.69, 9.17) is 5.73 Å². The van der Waals surface area contributed by atoms with Gasteiger partial charge in [0.25, 0.3) is 0 Å². The molecule has 17 heavy (non-hydrogen) atoms. The first-order valence-electron chi connectivity index (χ1n) is 6.56. The number of hydrogen-bond acceptors (Lipinski definition) is 4. The Labute approximate surface area is 107 Å². The molecule has 2 atom stereocenters. The van der Waals surface area contributed by atoms with Gasteiger partial charge >= 0.3 is 0 Å². The monoisotopic (exact) mass is 254 g/mol. The third kappa shape index (κ3) is 3.01. The van der Waals surface area contributed by atoms with E-state index in [-0.39, 0.29) is 6.04 Å². The van der Waals surface area contributed by atoms with Crippen molar-refractivity contribution < 1.29 is 0 Å². The molecule has 96 valence electrons.